The van der Waals surface area contributed by atoms with Gasteiger partial charge in [0.05, 0.1) is 13.7 Å². The first-order chi connectivity index (χ1) is 15.1. The van der Waals surface area contributed by atoms with Crippen molar-refractivity contribution in [2.75, 3.05) is 37.6 Å². The van der Waals surface area contributed by atoms with Crippen LogP contribution in [0.25, 0.3) is 0 Å². The lowest BCUT2D eigenvalue weighted by molar-refractivity contribution is -0.153. The van der Waals surface area contributed by atoms with E-state index in [0.717, 1.165) is 0 Å². The van der Waals surface area contributed by atoms with Gasteiger partial charge in [-0.1, -0.05) is 6.07 Å². The van der Waals surface area contributed by atoms with E-state index < -0.39 is 18.9 Å². The fourth-order valence-electron chi connectivity index (χ4n) is 2.72. The Kier molecular flexibility index (Phi) is 8.74. The van der Waals surface area contributed by atoms with Crippen molar-refractivity contribution in [1.82, 2.24) is 0 Å². The van der Waals surface area contributed by atoms with E-state index in [9.17, 15) is 22.8 Å². The van der Waals surface area contributed by atoms with Gasteiger partial charge >= 0.3 is 12.3 Å². The third-order valence-electron chi connectivity index (χ3n) is 4.34. The lowest BCUT2D eigenvalue weighted by Gasteiger charge is -2.17. The Balaban J connectivity index is 1.90. The third-order valence-corrected chi connectivity index (χ3v) is 4.34. The molecule has 10 heteroatoms. The fraction of sp³-hybridized carbons (Fsp3) is 0.364. The maximum Gasteiger partial charge on any atom is 0.422 e. The molecule has 0 saturated heterocycles. The maximum absolute atomic E-state index is 12.3. The quantitative estimate of drug-likeness (QED) is 0.589. The summed E-state index contributed by atoms with van der Waals surface area (Å²) in [5, 5.41) is 2.76. The van der Waals surface area contributed by atoms with E-state index in [2.05, 4.69) is 5.32 Å². The molecule has 2 aromatic rings. The number of aryl methyl sites for hydroxylation is 1. The molecule has 0 spiro atoms. The Bertz CT molecular complexity index is 917. The minimum absolute atomic E-state index is 0.0223. The predicted octanol–water partition coefficient (Wildman–Crippen LogP) is 4.80. The predicted molar refractivity (Wildman–Crippen MR) is 113 cm³/mol. The summed E-state index contributed by atoms with van der Waals surface area (Å²) in [6.07, 6.45) is -4.43. The lowest BCUT2D eigenvalue weighted by Crippen LogP contribution is -2.26. The topological polar surface area (TPSA) is 77.1 Å². The molecule has 2 rings (SSSR count). The lowest BCUT2D eigenvalue weighted by atomic mass is 10.1. The van der Waals surface area contributed by atoms with Crippen molar-refractivity contribution in [1.29, 1.82) is 0 Å². The van der Waals surface area contributed by atoms with Crippen LogP contribution in [-0.2, 0) is 16.0 Å². The number of benzene rings is 2. The summed E-state index contributed by atoms with van der Waals surface area (Å²) in [5.41, 5.74) is 1.88. The van der Waals surface area contributed by atoms with E-state index in [1.54, 1.807) is 50.4 Å². The molecule has 0 fully saturated rings. The number of carbonyl (C=O) groups excluding carboxylic acids is 2. The molecule has 0 heterocycles. The van der Waals surface area contributed by atoms with Crippen molar-refractivity contribution >= 4 is 23.4 Å². The Labute approximate surface area is 184 Å². The molecule has 0 radical (unpaired) electrons. The number of anilines is 2. The molecule has 2 aromatic carbocycles. The summed E-state index contributed by atoms with van der Waals surface area (Å²) in [4.78, 5) is 25.3. The van der Waals surface area contributed by atoms with Crippen molar-refractivity contribution in [3.8, 4) is 11.5 Å². The van der Waals surface area contributed by atoms with Gasteiger partial charge in [-0.15, -0.1) is 0 Å². The summed E-state index contributed by atoms with van der Waals surface area (Å²) in [6, 6.07) is 11.2. The van der Waals surface area contributed by atoms with Crippen molar-refractivity contribution in [3.05, 3.63) is 48.0 Å². The molecule has 32 heavy (non-hydrogen) atoms. The van der Waals surface area contributed by atoms with Crippen LogP contribution in [0.5, 0.6) is 11.5 Å². The number of halogens is 3. The van der Waals surface area contributed by atoms with Gasteiger partial charge in [-0.2, -0.15) is 13.2 Å². The highest BCUT2D eigenvalue weighted by Gasteiger charge is 2.29. The van der Waals surface area contributed by atoms with Gasteiger partial charge in [0.2, 0.25) is 5.91 Å². The molecule has 7 nitrogen and oxygen atoms in total. The van der Waals surface area contributed by atoms with Crippen LogP contribution in [0.3, 0.4) is 0 Å². The average molecular weight is 454 g/mol. The van der Waals surface area contributed by atoms with Gasteiger partial charge in [0.1, 0.15) is 0 Å². The van der Waals surface area contributed by atoms with E-state index in [4.69, 9.17) is 14.2 Å². The van der Waals surface area contributed by atoms with E-state index in [-0.39, 0.29) is 30.4 Å². The van der Waals surface area contributed by atoms with Gasteiger partial charge < -0.3 is 19.5 Å². The van der Waals surface area contributed by atoms with E-state index >= 15 is 0 Å². The second-order valence-electron chi connectivity index (χ2n) is 6.74. The SMILES string of the molecule is CCOC(=O)N(C)c1ccc(NC(=O)CCc2ccc(OCC(F)(F)F)c(OC)c2)cc1. The third kappa shape index (κ3) is 7.68. The number of nitrogens with one attached hydrogen (secondary N) is 1. The molecule has 0 saturated carbocycles. The molecule has 1 N–H and O–H groups in total. The Morgan fingerprint density at radius 2 is 1.75 bits per heavy atom. The fourth-order valence-corrected chi connectivity index (χ4v) is 2.72. The van der Waals surface area contributed by atoms with E-state index in [1.165, 1.54) is 18.1 Å². The first kappa shape index (κ1) is 24.8. The maximum atomic E-state index is 12.3. The number of methoxy groups -OCH3 is 1. The highest BCUT2D eigenvalue weighted by molar-refractivity contribution is 5.92. The molecule has 0 aliphatic rings. The summed E-state index contributed by atoms with van der Waals surface area (Å²) in [5.74, 6) is -0.104. The van der Waals surface area contributed by atoms with Crippen molar-refractivity contribution < 1.29 is 37.0 Å². The molecule has 0 aliphatic carbocycles. The molecule has 0 atom stereocenters. The first-order valence-corrected chi connectivity index (χ1v) is 9.79. The molecular weight excluding hydrogens is 429 g/mol. The summed E-state index contributed by atoms with van der Waals surface area (Å²) < 4.78 is 51.8. The second-order valence-corrected chi connectivity index (χ2v) is 6.74. The van der Waals surface area contributed by atoms with Crippen LogP contribution in [0.1, 0.15) is 18.9 Å². The minimum atomic E-state index is -4.45. The number of alkyl halides is 3. The Morgan fingerprint density at radius 3 is 2.34 bits per heavy atom. The summed E-state index contributed by atoms with van der Waals surface area (Å²) in [7, 11) is 2.91. The van der Waals surface area contributed by atoms with Gasteiger partial charge in [0, 0.05) is 24.8 Å². The van der Waals surface area contributed by atoms with E-state index in [0.29, 0.717) is 23.4 Å². The zero-order valence-corrected chi connectivity index (χ0v) is 18.0. The molecule has 0 bridgehead atoms. The van der Waals surface area contributed by atoms with Gasteiger partial charge in [-0.05, 0) is 55.3 Å². The number of nitrogens with zero attached hydrogens (tertiary/aromatic N) is 1. The minimum Gasteiger partial charge on any atom is -0.493 e. The molecular formula is C22H25F3N2O5. The Hall–Kier alpha value is -3.43. The zero-order valence-electron chi connectivity index (χ0n) is 18.0. The van der Waals surface area contributed by atoms with Crippen LogP contribution in [-0.4, -0.2) is 45.5 Å². The van der Waals surface area contributed by atoms with Gasteiger partial charge in [-0.25, -0.2) is 4.79 Å². The molecule has 174 valence electrons. The number of ether oxygens (including phenoxy) is 3. The number of amides is 2. The average Bonchev–Trinajstić information content (AvgIpc) is 2.76. The molecule has 0 aromatic heterocycles. The Morgan fingerprint density at radius 1 is 1.06 bits per heavy atom. The monoisotopic (exact) mass is 454 g/mol. The standard InChI is InChI=1S/C22H25F3N2O5/c1-4-31-21(29)27(2)17-9-7-16(8-10-17)26-20(28)12-6-15-5-11-18(19(13-15)30-3)32-14-22(23,24)25/h5,7-11,13H,4,6,12,14H2,1-3H3,(H,26,28). The zero-order chi connectivity index (χ0) is 23.7. The van der Waals surface area contributed by atoms with Gasteiger partial charge in [-0.3, -0.25) is 9.69 Å². The summed E-state index contributed by atoms with van der Waals surface area (Å²) in [6.45, 7) is 0.572. The number of carbonyl (C=O) groups is 2. The highest BCUT2D eigenvalue weighted by Crippen LogP contribution is 2.30. The van der Waals surface area contributed by atoms with Crippen LogP contribution in [0.15, 0.2) is 42.5 Å². The number of rotatable bonds is 9. The van der Waals surface area contributed by atoms with E-state index in [1.807, 2.05) is 0 Å². The number of hydrogen-bond donors (Lipinski definition) is 1. The van der Waals surface area contributed by atoms with Crippen LogP contribution in [0, 0.1) is 0 Å². The van der Waals surface area contributed by atoms with Crippen LogP contribution in [0.2, 0.25) is 0 Å². The van der Waals surface area contributed by atoms with Crippen LogP contribution in [0.4, 0.5) is 29.3 Å². The van der Waals surface area contributed by atoms with Crippen LogP contribution < -0.4 is 19.7 Å². The normalized spacial score (nSPS) is 10.9. The largest absolute Gasteiger partial charge is 0.493 e. The smallest absolute Gasteiger partial charge is 0.422 e. The summed E-state index contributed by atoms with van der Waals surface area (Å²) >= 11 is 0. The molecule has 2 amide bonds. The van der Waals surface area contributed by atoms with Crippen molar-refractivity contribution in [2.45, 2.75) is 25.9 Å². The van der Waals surface area contributed by atoms with Gasteiger partial charge in [0.15, 0.2) is 18.1 Å². The van der Waals surface area contributed by atoms with Gasteiger partial charge in [0.25, 0.3) is 0 Å². The van der Waals surface area contributed by atoms with Crippen LogP contribution >= 0.6 is 0 Å². The van der Waals surface area contributed by atoms with Crippen molar-refractivity contribution in [2.24, 2.45) is 0 Å². The van der Waals surface area contributed by atoms with Crippen molar-refractivity contribution in [3.63, 3.8) is 0 Å². The molecule has 0 aliphatic heterocycles. The highest BCUT2D eigenvalue weighted by atomic mass is 19.4. The number of hydrogen-bond acceptors (Lipinski definition) is 5. The first-order valence-electron chi connectivity index (χ1n) is 9.79. The molecule has 0 unspecified atom stereocenters. The second kappa shape index (κ2) is 11.3.